The van der Waals surface area contributed by atoms with E-state index in [1.165, 1.54) is 19.3 Å². The topological polar surface area (TPSA) is 9.23 Å². The van der Waals surface area contributed by atoms with Gasteiger partial charge in [-0.3, -0.25) is 0 Å². The lowest BCUT2D eigenvalue weighted by molar-refractivity contribution is -0.174. The fourth-order valence-corrected chi connectivity index (χ4v) is 3.55. The molecule has 0 amide bonds. The predicted molar refractivity (Wildman–Crippen MR) is 74.5 cm³/mol. The molecule has 0 aromatic carbocycles. The molecular formula is C14H24BrF3O. The monoisotopic (exact) mass is 344 g/mol. The van der Waals surface area contributed by atoms with E-state index in [2.05, 4.69) is 34.5 Å². The van der Waals surface area contributed by atoms with Crippen molar-refractivity contribution in [1.82, 2.24) is 0 Å². The lowest BCUT2D eigenvalue weighted by Crippen LogP contribution is -2.28. The molecule has 0 radical (unpaired) electrons. The van der Waals surface area contributed by atoms with Crippen molar-refractivity contribution in [3.05, 3.63) is 0 Å². The molecule has 5 heteroatoms. The molecule has 0 bridgehead atoms. The fourth-order valence-electron chi connectivity index (χ4n) is 2.80. The van der Waals surface area contributed by atoms with Crippen molar-refractivity contribution in [2.75, 3.05) is 13.2 Å². The highest BCUT2D eigenvalue weighted by atomic mass is 79.9. The molecule has 0 aromatic rings. The van der Waals surface area contributed by atoms with Crippen LogP contribution in [0.25, 0.3) is 0 Å². The Balaban J connectivity index is 2.20. The Morgan fingerprint density at radius 3 is 2.53 bits per heavy atom. The Bertz CT molecular complexity index is 256. The summed E-state index contributed by atoms with van der Waals surface area (Å²) in [7, 11) is 0. The smallest absolute Gasteiger partial charge is 0.372 e. The van der Waals surface area contributed by atoms with Crippen molar-refractivity contribution in [3.8, 4) is 0 Å². The Morgan fingerprint density at radius 2 is 1.95 bits per heavy atom. The third-order valence-corrected chi connectivity index (χ3v) is 5.21. The summed E-state index contributed by atoms with van der Waals surface area (Å²) in [6, 6.07) is 0. The number of hydrogen-bond acceptors (Lipinski definition) is 1. The molecule has 1 rings (SSSR count). The number of rotatable bonds is 6. The van der Waals surface area contributed by atoms with Gasteiger partial charge >= 0.3 is 6.18 Å². The van der Waals surface area contributed by atoms with Crippen LogP contribution in [0.4, 0.5) is 13.2 Å². The van der Waals surface area contributed by atoms with Gasteiger partial charge in [-0.2, -0.15) is 13.2 Å². The standard InChI is InChI=1S/C14H24BrF3O/c1-10(2)11-5-6-13(15)12(8-11)4-3-7-19-9-14(16,17)18/h10-13H,3-9H2,1-2H3. The van der Waals surface area contributed by atoms with Crippen molar-refractivity contribution < 1.29 is 17.9 Å². The van der Waals surface area contributed by atoms with E-state index in [4.69, 9.17) is 0 Å². The summed E-state index contributed by atoms with van der Waals surface area (Å²) in [5, 5.41) is 0. The zero-order valence-electron chi connectivity index (χ0n) is 11.7. The van der Waals surface area contributed by atoms with E-state index in [9.17, 15) is 13.2 Å². The van der Waals surface area contributed by atoms with E-state index in [1.807, 2.05) is 0 Å². The summed E-state index contributed by atoms with van der Waals surface area (Å²) in [5.74, 6) is 2.04. The first-order valence-electron chi connectivity index (χ1n) is 7.08. The van der Waals surface area contributed by atoms with E-state index in [0.29, 0.717) is 23.1 Å². The van der Waals surface area contributed by atoms with Gasteiger partial charge in [-0.1, -0.05) is 29.8 Å². The molecular weight excluding hydrogens is 321 g/mol. The van der Waals surface area contributed by atoms with E-state index in [-0.39, 0.29) is 6.61 Å². The van der Waals surface area contributed by atoms with Crippen LogP contribution in [0.1, 0.15) is 46.0 Å². The van der Waals surface area contributed by atoms with Gasteiger partial charge in [-0.25, -0.2) is 0 Å². The van der Waals surface area contributed by atoms with Gasteiger partial charge in [0.1, 0.15) is 6.61 Å². The average Bonchev–Trinajstić information content (AvgIpc) is 2.29. The minimum Gasteiger partial charge on any atom is -0.372 e. The van der Waals surface area contributed by atoms with E-state index in [1.54, 1.807) is 0 Å². The van der Waals surface area contributed by atoms with Gasteiger partial charge in [0, 0.05) is 11.4 Å². The summed E-state index contributed by atoms with van der Waals surface area (Å²) >= 11 is 3.71. The Labute approximate surface area is 122 Å². The molecule has 19 heavy (non-hydrogen) atoms. The highest BCUT2D eigenvalue weighted by Gasteiger charge is 2.30. The van der Waals surface area contributed by atoms with Crippen LogP contribution in [0, 0.1) is 17.8 Å². The first-order valence-corrected chi connectivity index (χ1v) is 7.99. The van der Waals surface area contributed by atoms with E-state index < -0.39 is 12.8 Å². The maximum Gasteiger partial charge on any atom is 0.411 e. The van der Waals surface area contributed by atoms with Gasteiger partial charge in [0.15, 0.2) is 0 Å². The summed E-state index contributed by atoms with van der Waals surface area (Å²) in [5.41, 5.74) is 0. The summed E-state index contributed by atoms with van der Waals surface area (Å²) in [4.78, 5) is 0.519. The maximum atomic E-state index is 11.9. The second kappa shape index (κ2) is 7.87. The molecule has 114 valence electrons. The van der Waals surface area contributed by atoms with Crippen molar-refractivity contribution in [1.29, 1.82) is 0 Å². The van der Waals surface area contributed by atoms with Crippen LogP contribution >= 0.6 is 15.9 Å². The second-order valence-corrected chi connectivity index (χ2v) is 7.08. The molecule has 1 fully saturated rings. The lowest BCUT2D eigenvalue weighted by Gasteiger charge is -2.35. The van der Waals surface area contributed by atoms with Gasteiger partial charge in [0.2, 0.25) is 0 Å². The molecule has 0 heterocycles. The quantitative estimate of drug-likeness (QED) is 0.476. The van der Waals surface area contributed by atoms with Crippen LogP contribution in [0.3, 0.4) is 0 Å². The highest BCUT2D eigenvalue weighted by Crippen LogP contribution is 2.39. The second-order valence-electron chi connectivity index (χ2n) is 5.90. The Kier molecular flexibility index (Phi) is 7.15. The SMILES string of the molecule is CC(C)C1CCC(Br)C(CCCOCC(F)(F)F)C1. The molecule has 3 unspecified atom stereocenters. The minimum absolute atomic E-state index is 0.210. The van der Waals surface area contributed by atoms with Gasteiger partial charge in [-0.15, -0.1) is 0 Å². The van der Waals surface area contributed by atoms with Crippen LogP contribution in [0.5, 0.6) is 0 Å². The molecule has 0 aromatic heterocycles. The number of hydrogen-bond donors (Lipinski definition) is 0. The molecule has 0 saturated heterocycles. The Hall–Kier alpha value is 0.230. The lowest BCUT2D eigenvalue weighted by atomic mass is 9.75. The zero-order valence-corrected chi connectivity index (χ0v) is 13.3. The molecule has 3 atom stereocenters. The van der Waals surface area contributed by atoms with Gasteiger partial charge in [0.25, 0.3) is 0 Å². The van der Waals surface area contributed by atoms with Gasteiger partial charge in [0.05, 0.1) is 0 Å². The van der Waals surface area contributed by atoms with Crippen LogP contribution in [-0.4, -0.2) is 24.2 Å². The summed E-state index contributed by atoms with van der Waals surface area (Å²) in [6.07, 6.45) is 1.09. The third kappa shape index (κ3) is 6.98. The van der Waals surface area contributed by atoms with Crippen LogP contribution in [-0.2, 0) is 4.74 Å². The van der Waals surface area contributed by atoms with Gasteiger partial charge in [-0.05, 0) is 49.9 Å². The largest absolute Gasteiger partial charge is 0.411 e. The molecule has 1 aliphatic carbocycles. The molecule has 0 N–H and O–H groups in total. The molecule has 1 aliphatic rings. The summed E-state index contributed by atoms with van der Waals surface area (Å²) in [6.45, 7) is 3.59. The Morgan fingerprint density at radius 1 is 1.26 bits per heavy atom. The molecule has 1 nitrogen and oxygen atoms in total. The first kappa shape index (κ1) is 17.3. The van der Waals surface area contributed by atoms with Crippen molar-refractivity contribution in [2.45, 2.75) is 57.0 Å². The molecule has 0 aliphatic heterocycles. The van der Waals surface area contributed by atoms with Crippen LogP contribution in [0.2, 0.25) is 0 Å². The number of alkyl halides is 4. The van der Waals surface area contributed by atoms with Crippen LogP contribution < -0.4 is 0 Å². The average molecular weight is 345 g/mol. The van der Waals surface area contributed by atoms with Crippen molar-refractivity contribution in [3.63, 3.8) is 0 Å². The first-order chi connectivity index (χ1) is 8.79. The predicted octanol–water partition coefficient (Wildman–Crippen LogP) is 5.18. The van der Waals surface area contributed by atoms with Crippen molar-refractivity contribution >= 4 is 15.9 Å². The third-order valence-electron chi connectivity index (χ3n) is 4.00. The highest BCUT2D eigenvalue weighted by molar-refractivity contribution is 9.09. The van der Waals surface area contributed by atoms with Crippen molar-refractivity contribution in [2.24, 2.45) is 17.8 Å². The minimum atomic E-state index is -4.20. The number of halogens is 4. The normalized spacial score (nSPS) is 28.9. The van der Waals surface area contributed by atoms with Gasteiger partial charge < -0.3 is 4.74 Å². The molecule has 1 saturated carbocycles. The van der Waals surface area contributed by atoms with Crippen LogP contribution in [0.15, 0.2) is 0 Å². The summed E-state index contributed by atoms with van der Waals surface area (Å²) < 4.78 is 40.4. The van der Waals surface area contributed by atoms with E-state index in [0.717, 1.165) is 12.3 Å². The fraction of sp³-hybridized carbons (Fsp3) is 1.00. The molecule has 0 spiro atoms. The maximum absolute atomic E-state index is 11.9. The number of ether oxygens (including phenoxy) is 1. The van der Waals surface area contributed by atoms with E-state index >= 15 is 0 Å². The zero-order chi connectivity index (χ0) is 14.5.